The van der Waals surface area contributed by atoms with E-state index in [1.807, 2.05) is 11.3 Å². The van der Waals surface area contributed by atoms with Crippen LogP contribution in [0, 0.1) is 0 Å². The zero-order chi connectivity index (χ0) is 12.7. The average molecular weight is 279 g/mol. The summed E-state index contributed by atoms with van der Waals surface area (Å²) in [7, 11) is 0. The van der Waals surface area contributed by atoms with Crippen LogP contribution in [0.2, 0.25) is 0 Å². The SMILES string of the molecule is c1nc(N2CCOC3CCCC32)sc1CNC1CC1. The molecule has 1 N–H and O–H groups in total. The Morgan fingerprint density at radius 1 is 1.37 bits per heavy atom. The second kappa shape index (κ2) is 5.04. The van der Waals surface area contributed by atoms with Gasteiger partial charge in [-0.15, -0.1) is 11.3 Å². The molecule has 1 saturated heterocycles. The molecule has 0 radical (unpaired) electrons. The maximum Gasteiger partial charge on any atom is 0.185 e. The molecule has 0 spiro atoms. The number of morpholine rings is 1. The molecule has 1 aliphatic heterocycles. The molecule has 5 heteroatoms. The van der Waals surface area contributed by atoms with Crippen molar-refractivity contribution < 1.29 is 4.74 Å². The van der Waals surface area contributed by atoms with Gasteiger partial charge in [-0.2, -0.15) is 0 Å². The lowest BCUT2D eigenvalue weighted by Gasteiger charge is -2.37. The number of rotatable bonds is 4. The van der Waals surface area contributed by atoms with E-state index in [-0.39, 0.29) is 0 Å². The lowest BCUT2D eigenvalue weighted by molar-refractivity contribution is 0.0256. The van der Waals surface area contributed by atoms with Crippen molar-refractivity contribution in [1.82, 2.24) is 10.3 Å². The van der Waals surface area contributed by atoms with Crippen LogP contribution in [0.25, 0.3) is 0 Å². The highest BCUT2D eigenvalue weighted by atomic mass is 32.1. The second-order valence-electron chi connectivity index (χ2n) is 5.87. The summed E-state index contributed by atoms with van der Waals surface area (Å²) in [4.78, 5) is 8.50. The predicted octanol–water partition coefficient (Wildman–Crippen LogP) is 2.15. The van der Waals surface area contributed by atoms with E-state index in [0.29, 0.717) is 12.1 Å². The Morgan fingerprint density at radius 3 is 3.21 bits per heavy atom. The molecular formula is C14H21N3OS. The van der Waals surface area contributed by atoms with E-state index in [4.69, 9.17) is 4.74 Å². The third kappa shape index (κ3) is 2.51. The molecule has 2 aliphatic carbocycles. The number of nitrogens with one attached hydrogen (secondary N) is 1. The van der Waals surface area contributed by atoms with Gasteiger partial charge < -0.3 is 15.0 Å². The zero-order valence-electron chi connectivity index (χ0n) is 11.2. The van der Waals surface area contributed by atoms with Crippen molar-refractivity contribution in [3.63, 3.8) is 0 Å². The van der Waals surface area contributed by atoms with Gasteiger partial charge >= 0.3 is 0 Å². The Hall–Kier alpha value is -0.650. The van der Waals surface area contributed by atoms with E-state index in [1.165, 1.54) is 42.1 Å². The summed E-state index contributed by atoms with van der Waals surface area (Å²) < 4.78 is 5.87. The standard InChI is InChI=1S/C14H21N3OS/c1-2-12-13(3-1)18-7-6-17(12)14-16-9-11(19-14)8-15-10-4-5-10/h9-10,12-13,15H,1-8H2. The van der Waals surface area contributed by atoms with Crippen molar-refractivity contribution in [3.05, 3.63) is 11.1 Å². The van der Waals surface area contributed by atoms with Crippen LogP contribution in [0.5, 0.6) is 0 Å². The molecule has 2 unspecified atom stereocenters. The minimum Gasteiger partial charge on any atom is -0.374 e. The molecule has 104 valence electrons. The van der Waals surface area contributed by atoms with Crippen LogP contribution in [-0.4, -0.2) is 36.3 Å². The highest BCUT2D eigenvalue weighted by molar-refractivity contribution is 7.15. The number of nitrogens with zero attached hydrogens (tertiary/aromatic N) is 2. The normalized spacial score (nSPS) is 30.6. The first-order chi connectivity index (χ1) is 9.40. The molecule has 2 atom stereocenters. The first-order valence-electron chi connectivity index (χ1n) is 7.46. The van der Waals surface area contributed by atoms with E-state index in [0.717, 1.165) is 25.7 Å². The fraction of sp³-hybridized carbons (Fsp3) is 0.786. The smallest absolute Gasteiger partial charge is 0.185 e. The van der Waals surface area contributed by atoms with Crippen LogP contribution in [-0.2, 0) is 11.3 Å². The maximum absolute atomic E-state index is 5.87. The third-order valence-electron chi connectivity index (χ3n) is 4.41. The maximum atomic E-state index is 5.87. The minimum absolute atomic E-state index is 0.450. The largest absolute Gasteiger partial charge is 0.374 e. The lowest BCUT2D eigenvalue weighted by Crippen LogP contribution is -2.48. The number of anilines is 1. The summed E-state index contributed by atoms with van der Waals surface area (Å²) in [6.07, 6.45) is 8.98. The minimum atomic E-state index is 0.450. The molecule has 0 bridgehead atoms. The molecule has 2 saturated carbocycles. The van der Waals surface area contributed by atoms with Crippen LogP contribution < -0.4 is 10.2 Å². The molecule has 0 aromatic carbocycles. The van der Waals surface area contributed by atoms with Crippen LogP contribution in [0.15, 0.2) is 6.20 Å². The van der Waals surface area contributed by atoms with E-state index in [9.17, 15) is 0 Å². The summed E-state index contributed by atoms with van der Waals surface area (Å²) in [6.45, 7) is 2.85. The van der Waals surface area contributed by atoms with Gasteiger partial charge in [-0.3, -0.25) is 0 Å². The van der Waals surface area contributed by atoms with Crippen molar-refractivity contribution in [2.45, 2.75) is 56.8 Å². The van der Waals surface area contributed by atoms with Crippen molar-refractivity contribution in [2.24, 2.45) is 0 Å². The van der Waals surface area contributed by atoms with Crippen LogP contribution in [0.4, 0.5) is 5.13 Å². The van der Waals surface area contributed by atoms with E-state index < -0.39 is 0 Å². The number of thiazole rings is 1. The quantitative estimate of drug-likeness (QED) is 0.916. The van der Waals surface area contributed by atoms with Gasteiger partial charge in [0, 0.05) is 30.2 Å². The topological polar surface area (TPSA) is 37.4 Å². The Balaban J connectivity index is 1.45. The average Bonchev–Trinajstić information content (AvgIpc) is 2.96. The number of hydrogen-bond donors (Lipinski definition) is 1. The summed E-state index contributed by atoms with van der Waals surface area (Å²) >= 11 is 1.85. The van der Waals surface area contributed by atoms with E-state index in [1.54, 1.807) is 0 Å². The van der Waals surface area contributed by atoms with Gasteiger partial charge in [-0.1, -0.05) is 0 Å². The summed E-state index contributed by atoms with van der Waals surface area (Å²) in [5.41, 5.74) is 0. The fourth-order valence-corrected chi connectivity index (χ4v) is 4.15. The lowest BCUT2D eigenvalue weighted by atomic mass is 10.1. The summed E-state index contributed by atoms with van der Waals surface area (Å²) in [5.74, 6) is 0. The van der Waals surface area contributed by atoms with Gasteiger partial charge in [0.05, 0.1) is 18.8 Å². The molecule has 4 nitrogen and oxygen atoms in total. The van der Waals surface area contributed by atoms with Crippen LogP contribution >= 0.6 is 11.3 Å². The molecule has 1 aromatic heterocycles. The van der Waals surface area contributed by atoms with Gasteiger partial charge in [-0.25, -0.2) is 4.98 Å². The van der Waals surface area contributed by atoms with Gasteiger partial charge in [-0.05, 0) is 32.1 Å². The van der Waals surface area contributed by atoms with E-state index in [2.05, 4.69) is 21.4 Å². The van der Waals surface area contributed by atoms with Crippen molar-refractivity contribution in [1.29, 1.82) is 0 Å². The first kappa shape index (κ1) is 12.1. The zero-order valence-corrected chi connectivity index (χ0v) is 12.0. The number of fused-ring (bicyclic) bond motifs is 1. The summed E-state index contributed by atoms with van der Waals surface area (Å²) in [5, 5.41) is 4.76. The molecule has 2 heterocycles. The van der Waals surface area contributed by atoms with Crippen LogP contribution in [0.3, 0.4) is 0 Å². The highest BCUT2D eigenvalue weighted by Gasteiger charge is 2.37. The molecule has 3 fully saturated rings. The van der Waals surface area contributed by atoms with Crippen molar-refractivity contribution in [2.75, 3.05) is 18.1 Å². The molecule has 4 rings (SSSR count). The Morgan fingerprint density at radius 2 is 2.32 bits per heavy atom. The second-order valence-corrected chi connectivity index (χ2v) is 6.96. The predicted molar refractivity (Wildman–Crippen MR) is 76.7 cm³/mol. The Kier molecular flexibility index (Phi) is 3.21. The molecule has 0 amide bonds. The van der Waals surface area contributed by atoms with Crippen molar-refractivity contribution >= 4 is 16.5 Å². The number of aromatic nitrogens is 1. The Bertz CT molecular complexity index is 446. The molecule has 1 aromatic rings. The van der Waals surface area contributed by atoms with E-state index >= 15 is 0 Å². The third-order valence-corrected chi connectivity index (χ3v) is 5.45. The highest BCUT2D eigenvalue weighted by Crippen LogP contribution is 2.35. The monoisotopic (exact) mass is 279 g/mol. The summed E-state index contributed by atoms with van der Waals surface area (Å²) in [6, 6.07) is 1.34. The number of ether oxygens (including phenoxy) is 1. The van der Waals surface area contributed by atoms with Crippen LogP contribution in [0.1, 0.15) is 37.0 Å². The molecular weight excluding hydrogens is 258 g/mol. The molecule has 3 aliphatic rings. The fourth-order valence-electron chi connectivity index (χ4n) is 3.21. The number of hydrogen-bond acceptors (Lipinski definition) is 5. The first-order valence-corrected chi connectivity index (χ1v) is 8.28. The van der Waals surface area contributed by atoms with Gasteiger partial charge in [0.25, 0.3) is 0 Å². The van der Waals surface area contributed by atoms with Gasteiger partial charge in [0.1, 0.15) is 0 Å². The van der Waals surface area contributed by atoms with Crippen molar-refractivity contribution in [3.8, 4) is 0 Å². The molecule has 19 heavy (non-hydrogen) atoms. The van der Waals surface area contributed by atoms with Gasteiger partial charge in [0.15, 0.2) is 5.13 Å². The Labute approximate surface area is 118 Å². The van der Waals surface area contributed by atoms with Gasteiger partial charge in [0.2, 0.25) is 0 Å².